The minimum Gasteiger partial charge on any atom is -0.352 e. The first-order valence-electron chi connectivity index (χ1n) is 7.54. The Bertz CT molecular complexity index is 319. The van der Waals surface area contributed by atoms with Crippen molar-refractivity contribution in [2.24, 2.45) is 5.92 Å². The number of nitrogens with one attached hydrogen (secondary N) is 2. The molecule has 0 aromatic heterocycles. The lowest BCUT2D eigenvalue weighted by molar-refractivity contribution is -0.182. The van der Waals surface area contributed by atoms with Crippen LogP contribution in [0.25, 0.3) is 0 Å². The van der Waals surface area contributed by atoms with Crippen LogP contribution < -0.4 is 10.6 Å². The summed E-state index contributed by atoms with van der Waals surface area (Å²) in [5.41, 5.74) is 0. The lowest BCUT2D eigenvalue weighted by Gasteiger charge is -2.30. The van der Waals surface area contributed by atoms with Crippen molar-refractivity contribution in [3.8, 4) is 0 Å². The molecule has 2 fully saturated rings. The molecule has 0 radical (unpaired) electrons. The van der Waals surface area contributed by atoms with Gasteiger partial charge < -0.3 is 10.6 Å². The first-order valence-corrected chi connectivity index (χ1v) is 7.54. The molecule has 3 nitrogen and oxygen atoms in total. The van der Waals surface area contributed by atoms with E-state index in [-0.39, 0.29) is 31.3 Å². The molecule has 116 valence electrons. The Hall–Kier alpha value is -0.780. The quantitative estimate of drug-likeness (QED) is 0.836. The summed E-state index contributed by atoms with van der Waals surface area (Å²) in [6, 6.07) is 0.341. The molecule has 0 unspecified atom stereocenters. The molecule has 6 heteroatoms. The van der Waals surface area contributed by atoms with Crippen LogP contribution in [0.1, 0.15) is 51.4 Å². The zero-order valence-electron chi connectivity index (χ0n) is 11.6. The van der Waals surface area contributed by atoms with Gasteiger partial charge in [0.05, 0.1) is 12.5 Å². The Kier molecular flexibility index (Phi) is 5.29. The van der Waals surface area contributed by atoms with Crippen LogP contribution in [-0.4, -0.2) is 30.7 Å². The molecule has 0 aromatic carbocycles. The second-order valence-corrected chi connectivity index (χ2v) is 6.02. The molecule has 0 aliphatic heterocycles. The van der Waals surface area contributed by atoms with Crippen molar-refractivity contribution >= 4 is 5.91 Å². The molecule has 0 aromatic rings. The highest BCUT2D eigenvalue weighted by atomic mass is 19.4. The number of hydrogen-bond acceptors (Lipinski definition) is 2. The van der Waals surface area contributed by atoms with E-state index in [2.05, 4.69) is 10.6 Å². The van der Waals surface area contributed by atoms with Crippen LogP contribution >= 0.6 is 0 Å². The molecule has 2 aliphatic carbocycles. The highest BCUT2D eigenvalue weighted by Gasteiger charge is 2.41. The van der Waals surface area contributed by atoms with Crippen LogP contribution in [0.15, 0.2) is 0 Å². The van der Waals surface area contributed by atoms with E-state index in [1.165, 1.54) is 12.8 Å². The van der Waals surface area contributed by atoms with Crippen molar-refractivity contribution in [1.82, 2.24) is 10.6 Å². The summed E-state index contributed by atoms with van der Waals surface area (Å²) in [5, 5.41) is 6.06. The second kappa shape index (κ2) is 6.78. The SMILES string of the molecule is O=C(CNC1CCCC1)NC1CCC(C(F)(F)F)CC1. The Morgan fingerprint density at radius 2 is 1.55 bits per heavy atom. The lowest BCUT2D eigenvalue weighted by Crippen LogP contribution is -2.44. The number of carbonyl (C=O) groups excluding carboxylic acids is 1. The van der Waals surface area contributed by atoms with Gasteiger partial charge in [0, 0.05) is 12.1 Å². The molecule has 0 bridgehead atoms. The molecule has 0 spiro atoms. The van der Waals surface area contributed by atoms with Crippen LogP contribution in [0.3, 0.4) is 0 Å². The van der Waals surface area contributed by atoms with Crippen LogP contribution in [0, 0.1) is 5.92 Å². The smallest absolute Gasteiger partial charge is 0.352 e. The maximum atomic E-state index is 12.5. The van der Waals surface area contributed by atoms with Crippen molar-refractivity contribution in [3.63, 3.8) is 0 Å². The van der Waals surface area contributed by atoms with E-state index in [9.17, 15) is 18.0 Å². The van der Waals surface area contributed by atoms with E-state index in [4.69, 9.17) is 0 Å². The summed E-state index contributed by atoms with van der Waals surface area (Å²) in [5.74, 6) is -1.28. The first kappa shape index (κ1) is 15.6. The van der Waals surface area contributed by atoms with Gasteiger partial charge in [0.1, 0.15) is 0 Å². The van der Waals surface area contributed by atoms with Crippen molar-refractivity contribution in [2.75, 3.05) is 6.54 Å². The van der Waals surface area contributed by atoms with Crippen molar-refractivity contribution in [2.45, 2.75) is 69.6 Å². The molecule has 0 atom stereocenters. The summed E-state index contributed by atoms with van der Waals surface area (Å²) in [6.45, 7) is 0.282. The molecule has 1 amide bonds. The predicted octanol–water partition coefficient (Wildman–Crippen LogP) is 2.76. The molecule has 20 heavy (non-hydrogen) atoms. The zero-order valence-corrected chi connectivity index (χ0v) is 11.6. The number of amides is 1. The molecular weight excluding hydrogens is 269 g/mol. The zero-order chi connectivity index (χ0) is 14.6. The Balaban J connectivity index is 1.63. The van der Waals surface area contributed by atoms with Gasteiger partial charge >= 0.3 is 6.18 Å². The fraction of sp³-hybridized carbons (Fsp3) is 0.929. The van der Waals surface area contributed by atoms with Crippen LogP contribution in [0.2, 0.25) is 0 Å². The third kappa shape index (κ3) is 4.65. The minimum absolute atomic E-state index is 0.0904. The molecule has 2 N–H and O–H groups in total. The van der Waals surface area contributed by atoms with E-state index in [0.29, 0.717) is 18.9 Å². The highest BCUT2D eigenvalue weighted by Crippen LogP contribution is 2.37. The van der Waals surface area contributed by atoms with Crippen LogP contribution in [0.5, 0.6) is 0 Å². The Morgan fingerprint density at radius 3 is 2.10 bits per heavy atom. The maximum absolute atomic E-state index is 12.5. The molecule has 2 rings (SSSR count). The number of alkyl halides is 3. The van der Waals surface area contributed by atoms with E-state index < -0.39 is 12.1 Å². The van der Waals surface area contributed by atoms with Crippen LogP contribution in [-0.2, 0) is 4.79 Å². The van der Waals surface area contributed by atoms with Crippen LogP contribution in [0.4, 0.5) is 13.2 Å². The summed E-state index contributed by atoms with van der Waals surface area (Å²) in [6.07, 6.45) is 1.68. The third-order valence-corrected chi connectivity index (χ3v) is 4.46. The van der Waals surface area contributed by atoms with Gasteiger partial charge in [-0.25, -0.2) is 0 Å². The molecule has 0 heterocycles. The van der Waals surface area contributed by atoms with Gasteiger partial charge in [-0.2, -0.15) is 13.2 Å². The number of rotatable bonds is 4. The Labute approximate surface area is 117 Å². The minimum atomic E-state index is -4.08. The second-order valence-electron chi connectivity index (χ2n) is 6.02. The third-order valence-electron chi connectivity index (χ3n) is 4.46. The fourth-order valence-electron chi connectivity index (χ4n) is 3.21. The first-order chi connectivity index (χ1) is 9.45. The Morgan fingerprint density at radius 1 is 0.950 bits per heavy atom. The van der Waals surface area contributed by atoms with Gasteiger partial charge in [-0.05, 0) is 38.5 Å². The van der Waals surface area contributed by atoms with E-state index >= 15 is 0 Å². The van der Waals surface area contributed by atoms with Gasteiger partial charge in [0.25, 0.3) is 0 Å². The van der Waals surface area contributed by atoms with Gasteiger partial charge in [-0.3, -0.25) is 4.79 Å². The largest absolute Gasteiger partial charge is 0.391 e. The number of hydrogen-bond donors (Lipinski definition) is 2. The normalized spacial score (nSPS) is 28.6. The van der Waals surface area contributed by atoms with E-state index in [1.54, 1.807) is 0 Å². The van der Waals surface area contributed by atoms with Gasteiger partial charge in [0.2, 0.25) is 5.91 Å². The maximum Gasteiger partial charge on any atom is 0.391 e. The van der Waals surface area contributed by atoms with Gasteiger partial charge in [0.15, 0.2) is 0 Å². The fourth-order valence-corrected chi connectivity index (χ4v) is 3.21. The summed E-state index contributed by atoms with van der Waals surface area (Å²) < 4.78 is 37.6. The molecule has 0 saturated heterocycles. The standard InChI is InChI=1S/C14H23F3N2O/c15-14(16,17)10-5-7-12(8-6-10)19-13(20)9-18-11-3-1-2-4-11/h10-12,18H,1-9H2,(H,19,20). The average Bonchev–Trinajstić information content (AvgIpc) is 2.89. The average molecular weight is 292 g/mol. The van der Waals surface area contributed by atoms with Gasteiger partial charge in [-0.15, -0.1) is 0 Å². The molecular formula is C14H23F3N2O. The van der Waals surface area contributed by atoms with E-state index in [0.717, 1.165) is 12.8 Å². The lowest BCUT2D eigenvalue weighted by atomic mass is 9.85. The van der Waals surface area contributed by atoms with Gasteiger partial charge in [-0.1, -0.05) is 12.8 Å². The van der Waals surface area contributed by atoms with Crippen molar-refractivity contribution in [1.29, 1.82) is 0 Å². The monoisotopic (exact) mass is 292 g/mol. The number of carbonyl (C=O) groups is 1. The van der Waals surface area contributed by atoms with E-state index in [1.807, 2.05) is 0 Å². The molecule has 2 aliphatic rings. The predicted molar refractivity (Wildman–Crippen MR) is 70.2 cm³/mol. The summed E-state index contributed by atoms with van der Waals surface area (Å²) in [7, 11) is 0. The topological polar surface area (TPSA) is 41.1 Å². The van der Waals surface area contributed by atoms with Crippen molar-refractivity contribution in [3.05, 3.63) is 0 Å². The number of halogens is 3. The summed E-state index contributed by atoms with van der Waals surface area (Å²) >= 11 is 0. The van der Waals surface area contributed by atoms with Crippen molar-refractivity contribution < 1.29 is 18.0 Å². The summed E-state index contributed by atoms with van der Waals surface area (Å²) in [4.78, 5) is 11.8. The highest BCUT2D eigenvalue weighted by molar-refractivity contribution is 5.78. The molecule has 2 saturated carbocycles.